The number of benzene rings is 2. The van der Waals surface area contributed by atoms with Gasteiger partial charge in [-0.05, 0) is 52.8 Å². The molecule has 0 saturated heterocycles. The van der Waals surface area contributed by atoms with Crippen LogP contribution in [0.3, 0.4) is 0 Å². The van der Waals surface area contributed by atoms with Gasteiger partial charge < -0.3 is 10.2 Å². The highest BCUT2D eigenvalue weighted by Gasteiger charge is 2.21. The zero-order valence-corrected chi connectivity index (χ0v) is 11.5. The van der Waals surface area contributed by atoms with E-state index in [0.717, 1.165) is 40.7 Å². The molecule has 1 aliphatic carbocycles. The number of carboxylic acid groups (broad SMARTS) is 1. The van der Waals surface area contributed by atoms with Gasteiger partial charge in [0.05, 0.1) is 12.2 Å². The van der Waals surface area contributed by atoms with Gasteiger partial charge in [-0.1, -0.05) is 36.4 Å². The first-order chi connectivity index (χ1) is 10.2. The molecule has 0 unspecified atom stereocenters. The average molecular weight is 280 g/mol. The number of aromatic carboxylic acids is 1. The Bertz CT molecular complexity index is 714. The van der Waals surface area contributed by atoms with Crippen molar-refractivity contribution in [3.63, 3.8) is 0 Å². The minimum absolute atomic E-state index is 0.000959. The van der Waals surface area contributed by atoms with Crippen LogP contribution in [-0.4, -0.2) is 22.8 Å². The third-order valence-corrected chi connectivity index (χ3v) is 3.93. The molecule has 0 aromatic heterocycles. The minimum atomic E-state index is -0.929. The summed E-state index contributed by atoms with van der Waals surface area (Å²) in [6.07, 6.45) is 1.64. The fraction of sp³-hybridized carbons (Fsp3) is 0.167. The maximum atomic E-state index is 11.2. The molecule has 0 saturated carbocycles. The van der Waals surface area contributed by atoms with Gasteiger partial charge in [0.1, 0.15) is 0 Å². The summed E-state index contributed by atoms with van der Waals surface area (Å²) < 4.78 is 0. The standard InChI is InChI=1S/C18H16O3/c19-11-15-9-7-12-6-8-14(18(20)21)10-16(12)17(15)13-4-2-1-3-5-13/h1-6,8,10,19H,7,9,11H2,(H,20,21). The van der Waals surface area contributed by atoms with Crippen molar-refractivity contribution < 1.29 is 15.0 Å². The van der Waals surface area contributed by atoms with Crippen LogP contribution in [0.4, 0.5) is 0 Å². The predicted octanol–water partition coefficient (Wildman–Crippen LogP) is 3.13. The van der Waals surface area contributed by atoms with Gasteiger partial charge in [0, 0.05) is 0 Å². The summed E-state index contributed by atoms with van der Waals surface area (Å²) >= 11 is 0. The molecule has 2 aromatic rings. The number of rotatable bonds is 3. The van der Waals surface area contributed by atoms with Crippen LogP contribution in [0.5, 0.6) is 0 Å². The largest absolute Gasteiger partial charge is 0.478 e. The van der Waals surface area contributed by atoms with E-state index in [1.54, 1.807) is 12.1 Å². The molecule has 2 aromatic carbocycles. The molecule has 106 valence electrons. The average Bonchev–Trinajstić information content (AvgIpc) is 2.53. The fourth-order valence-electron chi connectivity index (χ4n) is 2.88. The summed E-state index contributed by atoms with van der Waals surface area (Å²) in [4.78, 5) is 11.2. The highest BCUT2D eigenvalue weighted by molar-refractivity contribution is 5.92. The molecular weight excluding hydrogens is 264 g/mol. The highest BCUT2D eigenvalue weighted by Crippen LogP contribution is 2.36. The lowest BCUT2D eigenvalue weighted by Gasteiger charge is -2.23. The second-order valence-electron chi connectivity index (χ2n) is 5.18. The normalized spacial score (nSPS) is 14.0. The lowest BCUT2D eigenvalue weighted by molar-refractivity contribution is 0.0697. The van der Waals surface area contributed by atoms with Crippen LogP contribution in [0.25, 0.3) is 5.57 Å². The van der Waals surface area contributed by atoms with Gasteiger partial charge in [0.15, 0.2) is 0 Å². The molecule has 0 amide bonds. The van der Waals surface area contributed by atoms with E-state index in [1.165, 1.54) is 0 Å². The van der Waals surface area contributed by atoms with Crippen LogP contribution in [0, 0.1) is 0 Å². The SMILES string of the molecule is O=C(O)c1ccc2c(c1)C(c1ccccc1)=C(CO)CC2. The van der Waals surface area contributed by atoms with Gasteiger partial charge in [-0.3, -0.25) is 0 Å². The van der Waals surface area contributed by atoms with E-state index in [4.69, 9.17) is 0 Å². The van der Waals surface area contributed by atoms with Crippen molar-refractivity contribution >= 4 is 11.5 Å². The molecule has 0 spiro atoms. The molecule has 1 aliphatic rings. The van der Waals surface area contributed by atoms with Crippen molar-refractivity contribution in [2.24, 2.45) is 0 Å². The van der Waals surface area contributed by atoms with Gasteiger partial charge in [-0.2, -0.15) is 0 Å². The van der Waals surface area contributed by atoms with E-state index in [0.29, 0.717) is 0 Å². The van der Waals surface area contributed by atoms with Crippen LogP contribution in [0.2, 0.25) is 0 Å². The minimum Gasteiger partial charge on any atom is -0.478 e. The van der Waals surface area contributed by atoms with Crippen LogP contribution in [0.1, 0.15) is 33.5 Å². The summed E-state index contributed by atoms with van der Waals surface area (Å²) in [5.74, 6) is -0.929. The lowest BCUT2D eigenvalue weighted by atomic mass is 9.81. The molecular formula is C18H16O3. The van der Waals surface area contributed by atoms with Gasteiger partial charge >= 0.3 is 5.97 Å². The molecule has 2 N–H and O–H groups in total. The summed E-state index contributed by atoms with van der Waals surface area (Å²) in [5.41, 5.74) is 5.30. The number of hydrogen-bond donors (Lipinski definition) is 2. The third kappa shape index (κ3) is 2.48. The zero-order chi connectivity index (χ0) is 14.8. The van der Waals surface area contributed by atoms with Gasteiger partial charge in [-0.25, -0.2) is 4.79 Å². The van der Waals surface area contributed by atoms with Crippen LogP contribution in [-0.2, 0) is 6.42 Å². The number of aryl methyl sites for hydroxylation is 1. The molecule has 3 nitrogen and oxygen atoms in total. The quantitative estimate of drug-likeness (QED) is 0.908. The van der Waals surface area contributed by atoms with Gasteiger partial charge in [-0.15, -0.1) is 0 Å². The number of fused-ring (bicyclic) bond motifs is 1. The molecule has 0 atom stereocenters. The van der Waals surface area contributed by atoms with Crippen molar-refractivity contribution in [1.82, 2.24) is 0 Å². The van der Waals surface area contributed by atoms with E-state index < -0.39 is 5.97 Å². The number of carbonyl (C=O) groups is 1. The molecule has 0 bridgehead atoms. The summed E-state index contributed by atoms with van der Waals surface area (Å²) in [7, 11) is 0. The van der Waals surface area contributed by atoms with E-state index in [-0.39, 0.29) is 12.2 Å². The highest BCUT2D eigenvalue weighted by atomic mass is 16.4. The van der Waals surface area contributed by atoms with Gasteiger partial charge in [0.25, 0.3) is 0 Å². The van der Waals surface area contributed by atoms with E-state index >= 15 is 0 Å². The molecule has 3 heteroatoms. The summed E-state index contributed by atoms with van der Waals surface area (Å²) in [6.45, 7) is 0.000959. The zero-order valence-electron chi connectivity index (χ0n) is 11.5. The smallest absolute Gasteiger partial charge is 0.335 e. The van der Waals surface area contributed by atoms with Crippen molar-refractivity contribution in [1.29, 1.82) is 0 Å². The Balaban J connectivity index is 2.23. The van der Waals surface area contributed by atoms with E-state index in [2.05, 4.69) is 0 Å². The fourth-order valence-corrected chi connectivity index (χ4v) is 2.88. The summed E-state index contributed by atoms with van der Waals surface area (Å²) in [5, 5.41) is 18.9. The van der Waals surface area contributed by atoms with Crippen molar-refractivity contribution in [3.8, 4) is 0 Å². The van der Waals surface area contributed by atoms with E-state index in [9.17, 15) is 15.0 Å². The first-order valence-corrected chi connectivity index (χ1v) is 6.95. The van der Waals surface area contributed by atoms with Crippen molar-refractivity contribution in [2.45, 2.75) is 12.8 Å². The second kappa shape index (κ2) is 5.54. The molecule has 0 fully saturated rings. The maximum absolute atomic E-state index is 11.2. The Morgan fingerprint density at radius 2 is 1.81 bits per heavy atom. The first-order valence-electron chi connectivity index (χ1n) is 6.95. The monoisotopic (exact) mass is 280 g/mol. The molecule has 0 radical (unpaired) electrons. The van der Waals surface area contributed by atoms with Crippen LogP contribution < -0.4 is 0 Å². The number of hydrogen-bond acceptors (Lipinski definition) is 2. The third-order valence-electron chi connectivity index (χ3n) is 3.93. The number of aliphatic hydroxyl groups excluding tert-OH is 1. The Hall–Kier alpha value is -2.39. The Morgan fingerprint density at radius 3 is 2.48 bits per heavy atom. The first kappa shape index (κ1) is 13.6. The van der Waals surface area contributed by atoms with Crippen molar-refractivity contribution in [3.05, 3.63) is 76.4 Å². The van der Waals surface area contributed by atoms with E-state index in [1.807, 2.05) is 36.4 Å². The number of carboxylic acids is 1. The maximum Gasteiger partial charge on any atom is 0.335 e. The second-order valence-corrected chi connectivity index (χ2v) is 5.18. The topological polar surface area (TPSA) is 57.5 Å². The number of aliphatic hydroxyl groups is 1. The Labute approximate surface area is 123 Å². The van der Waals surface area contributed by atoms with Crippen LogP contribution >= 0.6 is 0 Å². The Kier molecular flexibility index (Phi) is 3.59. The molecule has 3 rings (SSSR count). The predicted molar refractivity (Wildman–Crippen MR) is 81.3 cm³/mol. The molecule has 0 aliphatic heterocycles. The van der Waals surface area contributed by atoms with Crippen LogP contribution in [0.15, 0.2) is 54.1 Å². The van der Waals surface area contributed by atoms with Crippen molar-refractivity contribution in [2.75, 3.05) is 6.61 Å². The summed E-state index contributed by atoms with van der Waals surface area (Å²) in [6, 6.07) is 15.1. The Morgan fingerprint density at radius 1 is 1.05 bits per heavy atom. The molecule has 21 heavy (non-hydrogen) atoms. The van der Waals surface area contributed by atoms with Gasteiger partial charge in [0.2, 0.25) is 0 Å². The molecule has 0 heterocycles. The lowest BCUT2D eigenvalue weighted by Crippen LogP contribution is -2.10.